The van der Waals surface area contributed by atoms with E-state index in [2.05, 4.69) is 0 Å². The summed E-state index contributed by atoms with van der Waals surface area (Å²) in [7, 11) is 0. The van der Waals surface area contributed by atoms with Crippen LogP contribution in [0.15, 0.2) is 24.3 Å². The normalized spacial score (nSPS) is 20.5. The van der Waals surface area contributed by atoms with Gasteiger partial charge in [0.05, 0.1) is 17.1 Å². The van der Waals surface area contributed by atoms with E-state index in [0.29, 0.717) is 12.2 Å². The SMILES string of the molecule is O=[N+]([O-])c1ccccc1[C@H]1CO1. The van der Waals surface area contributed by atoms with Gasteiger partial charge in [-0.05, 0) is 6.07 Å². The third kappa shape index (κ3) is 1.16. The molecule has 0 amide bonds. The molecule has 4 heteroatoms. The van der Waals surface area contributed by atoms with Crippen molar-refractivity contribution in [3.8, 4) is 0 Å². The molecule has 0 aliphatic carbocycles. The Morgan fingerprint density at radius 2 is 2.17 bits per heavy atom. The van der Waals surface area contributed by atoms with Crippen molar-refractivity contribution in [2.24, 2.45) is 0 Å². The maximum absolute atomic E-state index is 10.5. The molecule has 1 aliphatic rings. The lowest BCUT2D eigenvalue weighted by Crippen LogP contribution is -1.93. The predicted octanol–water partition coefficient (Wildman–Crippen LogP) is 1.67. The van der Waals surface area contributed by atoms with Crippen molar-refractivity contribution >= 4 is 5.69 Å². The monoisotopic (exact) mass is 165 g/mol. The molecule has 62 valence electrons. The fourth-order valence-electron chi connectivity index (χ4n) is 1.15. The molecule has 0 N–H and O–H groups in total. The molecule has 0 spiro atoms. The molecule has 0 aromatic heterocycles. The maximum Gasteiger partial charge on any atom is 0.275 e. The first kappa shape index (κ1) is 7.24. The summed E-state index contributed by atoms with van der Waals surface area (Å²) in [6.07, 6.45) is -0.0494. The van der Waals surface area contributed by atoms with Gasteiger partial charge in [0.25, 0.3) is 5.69 Å². The molecule has 1 heterocycles. The average molecular weight is 165 g/mol. The van der Waals surface area contributed by atoms with Gasteiger partial charge in [-0.1, -0.05) is 12.1 Å². The van der Waals surface area contributed by atoms with Crippen molar-refractivity contribution in [3.63, 3.8) is 0 Å². The van der Waals surface area contributed by atoms with Gasteiger partial charge in [-0.25, -0.2) is 0 Å². The van der Waals surface area contributed by atoms with Crippen molar-refractivity contribution in [3.05, 3.63) is 39.9 Å². The second-order valence-corrected chi connectivity index (χ2v) is 2.64. The number of para-hydroxylation sites is 1. The van der Waals surface area contributed by atoms with Crippen molar-refractivity contribution < 1.29 is 9.66 Å². The minimum absolute atomic E-state index is 0.0494. The molecular formula is C8H7NO3. The average Bonchev–Trinajstić information content (AvgIpc) is 2.87. The fraction of sp³-hybridized carbons (Fsp3) is 0.250. The summed E-state index contributed by atoms with van der Waals surface area (Å²) < 4.78 is 4.98. The van der Waals surface area contributed by atoms with Crippen molar-refractivity contribution in [2.45, 2.75) is 6.10 Å². The summed E-state index contributed by atoms with van der Waals surface area (Å²) in [6.45, 7) is 0.602. The van der Waals surface area contributed by atoms with Crippen LogP contribution in [0.4, 0.5) is 5.69 Å². The van der Waals surface area contributed by atoms with Gasteiger partial charge < -0.3 is 4.74 Å². The Kier molecular flexibility index (Phi) is 1.55. The Balaban J connectivity index is 2.43. The van der Waals surface area contributed by atoms with Crippen LogP contribution in [-0.4, -0.2) is 11.5 Å². The molecule has 12 heavy (non-hydrogen) atoms. The predicted molar refractivity (Wildman–Crippen MR) is 41.8 cm³/mol. The van der Waals surface area contributed by atoms with Crippen LogP contribution in [0.25, 0.3) is 0 Å². The minimum atomic E-state index is -0.378. The molecule has 0 radical (unpaired) electrons. The molecule has 1 atom stereocenters. The van der Waals surface area contributed by atoms with Gasteiger partial charge in [0.1, 0.15) is 6.10 Å². The number of benzene rings is 1. The van der Waals surface area contributed by atoms with Crippen LogP contribution in [0, 0.1) is 10.1 Å². The number of rotatable bonds is 2. The number of hydrogen-bond acceptors (Lipinski definition) is 3. The molecule has 0 unspecified atom stereocenters. The van der Waals surface area contributed by atoms with Gasteiger partial charge >= 0.3 is 0 Å². The van der Waals surface area contributed by atoms with Gasteiger partial charge in [-0.2, -0.15) is 0 Å². The van der Waals surface area contributed by atoms with E-state index in [1.807, 2.05) is 0 Å². The highest BCUT2D eigenvalue weighted by Gasteiger charge is 2.31. The summed E-state index contributed by atoms with van der Waals surface area (Å²) in [5.74, 6) is 0. The maximum atomic E-state index is 10.5. The van der Waals surface area contributed by atoms with E-state index >= 15 is 0 Å². The summed E-state index contributed by atoms with van der Waals surface area (Å²) in [4.78, 5) is 10.1. The van der Waals surface area contributed by atoms with E-state index in [-0.39, 0.29) is 16.7 Å². The van der Waals surface area contributed by atoms with E-state index in [9.17, 15) is 10.1 Å². The summed E-state index contributed by atoms with van der Waals surface area (Å²) in [5, 5.41) is 10.5. The standard InChI is InChI=1S/C8H7NO3/c10-9(11)7-4-2-1-3-6(7)8-5-12-8/h1-4,8H,5H2/t8-/m1/s1. The molecule has 2 rings (SSSR count). The van der Waals surface area contributed by atoms with E-state index in [4.69, 9.17) is 4.74 Å². The van der Waals surface area contributed by atoms with Crippen molar-refractivity contribution in [2.75, 3.05) is 6.61 Å². The Morgan fingerprint density at radius 3 is 2.75 bits per heavy atom. The van der Waals surface area contributed by atoms with Crippen LogP contribution in [-0.2, 0) is 4.74 Å². The largest absolute Gasteiger partial charge is 0.368 e. The number of nitro groups is 1. The quantitative estimate of drug-likeness (QED) is 0.380. The van der Waals surface area contributed by atoms with Gasteiger partial charge in [-0.15, -0.1) is 0 Å². The topological polar surface area (TPSA) is 55.7 Å². The van der Waals surface area contributed by atoms with Crippen LogP contribution in [0.1, 0.15) is 11.7 Å². The van der Waals surface area contributed by atoms with Crippen molar-refractivity contribution in [1.29, 1.82) is 0 Å². The summed E-state index contributed by atoms with van der Waals surface area (Å²) in [5.41, 5.74) is 0.836. The number of hydrogen-bond donors (Lipinski definition) is 0. The minimum Gasteiger partial charge on any atom is -0.368 e. The summed E-state index contributed by atoms with van der Waals surface area (Å²) in [6, 6.07) is 6.67. The lowest BCUT2D eigenvalue weighted by molar-refractivity contribution is -0.385. The molecular weight excluding hydrogens is 158 g/mol. The van der Waals surface area contributed by atoms with Crippen molar-refractivity contribution in [1.82, 2.24) is 0 Å². The highest BCUT2D eigenvalue weighted by molar-refractivity contribution is 5.42. The van der Waals surface area contributed by atoms with E-state index in [1.54, 1.807) is 18.2 Å². The second-order valence-electron chi connectivity index (χ2n) is 2.64. The fourth-order valence-corrected chi connectivity index (χ4v) is 1.15. The van der Waals surface area contributed by atoms with Crippen LogP contribution in [0.2, 0.25) is 0 Å². The highest BCUT2D eigenvalue weighted by atomic mass is 16.6. The van der Waals surface area contributed by atoms with E-state index in [0.717, 1.165) is 0 Å². The Hall–Kier alpha value is -1.42. The zero-order chi connectivity index (χ0) is 8.55. The Bertz CT molecular complexity index is 320. The van der Waals surface area contributed by atoms with Gasteiger partial charge in [0.2, 0.25) is 0 Å². The number of epoxide rings is 1. The first-order chi connectivity index (χ1) is 5.79. The number of nitrogens with zero attached hydrogens (tertiary/aromatic N) is 1. The second kappa shape index (κ2) is 2.57. The molecule has 1 aromatic rings. The Morgan fingerprint density at radius 1 is 1.50 bits per heavy atom. The van der Waals surface area contributed by atoms with Crippen LogP contribution >= 0.6 is 0 Å². The smallest absolute Gasteiger partial charge is 0.275 e. The number of ether oxygens (including phenoxy) is 1. The molecule has 0 saturated carbocycles. The first-order valence-corrected chi connectivity index (χ1v) is 3.64. The van der Waals surface area contributed by atoms with E-state index < -0.39 is 0 Å². The molecule has 1 aromatic carbocycles. The van der Waals surface area contributed by atoms with Crippen LogP contribution < -0.4 is 0 Å². The lowest BCUT2D eigenvalue weighted by atomic mass is 10.1. The zero-order valence-corrected chi connectivity index (χ0v) is 6.27. The molecule has 4 nitrogen and oxygen atoms in total. The van der Waals surface area contributed by atoms with Gasteiger partial charge in [0.15, 0.2) is 0 Å². The zero-order valence-electron chi connectivity index (χ0n) is 6.27. The van der Waals surface area contributed by atoms with E-state index in [1.165, 1.54) is 6.07 Å². The lowest BCUT2D eigenvalue weighted by Gasteiger charge is -1.96. The first-order valence-electron chi connectivity index (χ1n) is 3.64. The molecule has 1 saturated heterocycles. The number of nitro benzene ring substituents is 1. The van der Waals surface area contributed by atoms with Gasteiger partial charge in [0, 0.05) is 6.07 Å². The molecule has 0 bridgehead atoms. The van der Waals surface area contributed by atoms with Crippen LogP contribution in [0.3, 0.4) is 0 Å². The molecule has 1 aliphatic heterocycles. The summed E-state index contributed by atoms with van der Waals surface area (Å²) >= 11 is 0. The Labute approximate surface area is 68.9 Å². The highest BCUT2D eigenvalue weighted by Crippen LogP contribution is 2.35. The van der Waals surface area contributed by atoms with Crippen LogP contribution in [0.5, 0.6) is 0 Å². The molecule has 1 fully saturated rings. The third-order valence-corrected chi connectivity index (χ3v) is 1.81. The van der Waals surface area contributed by atoms with Gasteiger partial charge in [-0.3, -0.25) is 10.1 Å². The third-order valence-electron chi connectivity index (χ3n) is 1.81.